The van der Waals surface area contributed by atoms with Gasteiger partial charge in [0.15, 0.2) is 23.1 Å². The maximum Gasteiger partial charge on any atom is 0.573 e. The lowest BCUT2D eigenvalue weighted by Gasteiger charge is -2.32. The number of nitrogens with zero attached hydrogens (tertiary/aromatic N) is 5. The normalized spacial score (nSPS) is 15.9. The van der Waals surface area contributed by atoms with Crippen LogP contribution in [0.4, 0.5) is 28.9 Å². The Kier molecular flexibility index (Phi) is 14.4. The number of imide groups is 1. The van der Waals surface area contributed by atoms with Crippen molar-refractivity contribution >= 4 is 68.6 Å². The number of carbonyl (C=O) groups is 6. The SMILES string of the molecule is COc1cc2c(Oc3ccc(NC(=O)c4c(C)n(C)c5ccc(OC(F)(F)F)cc5c4=O)cc3F)ncnc2cc1OCCCC(=O)N1CCC(CC(=O)Nc2ccc3c(c2)CN(C2CCC(=O)NC2=O)C3=O)CC1. The van der Waals surface area contributed by atoms with Gasteiger partial charge in [-0.1, -0.05) is 0 Å². The number of anilines is 2. The minimum atomic E-state index is -5.01. The van der Waals surface area contributed by atoms with Crippen LogP contribution in [0.15, 0.2) is 77.9 Å². The van der Waals surface area contributed by atoms with E-state index in [4.69, 9.17) is 14.2 Å². The van der Waals surface area contributed by atoms with Gasteiger partial charge in [0, 0.05) is 80.7 Å². The average molecular weight is 1040 g/mol. The van der Waals surface area contributed by atoms with Crippen LogP contribution < -0.4 is 40.3 Å². The lowest BCUT2D eigenvalue weighted by atomic mass is 9.93. The van der Waals surface area contributed by atoms with Gasteiger partial charge in [0.1, 0.15) is 23.7 Å². The highest BCUT2D eigenvalue weighted by Crippen LogP contribution is 2.38. The molecule has 0 spiro atoms. The van der Waals surface area contributed by atoms with Crippen LogP contribution in [0.5, 0.6) is 28.9 Å². The number of hydrogen-bond acceptors (Lipinski definition) is 13. The van der Waals surface area contributed by atoms with Gasteiger partial charge >= 0.3 is 6.36 Å². The molecule has 2 saturated heterocycles. The Bertz CT molecular complexity index is 3380. The molecule has 2 fully saturated rings. The van der Waals surface area contributed by atoms with Gasteiger partial charge in [-0.25, -0.2) is 14.4 Å². The van der Waals surface area contributed by atoms with E-state index in [0.29, 0.717) is 65.8 Å². The predicted octanol–water partition coefficient (Wildman–Crippen LogP) is 7.07. The second kappa shape index (κ2) is 21.1. The fourth-order valence-electron chi connectivity index (χ4n) is 9.53. The molecule has 5 heterocycles. The third kappa shape index (κ3) is 11.2. The molecular weight excluding hydrogens is 989 g/mol. The number of piperidine rings is 2. The number of rotatable bonds is 15. The van der Waals surface area contributed by atoms with Crippen LogP contribution >= 0.6 is 0 Å². The molecule has 6 amide bonds. The minimum Gasteiger partial charge on any atom is -0.493 e. The first-order chi connectivity index (χ1) is 35.8. The molecule has 390 valence electrons. The molecule has 1 atom stereocenters. The Morgan fingerprint density at radius 1 is 0.867 bits per heavy atom. The second-order valence-corrected chi connectivity index (χ2v) is 18.3. The number of hydrogen-bond donors (Lipinski definition) is 3. The zero-order valence-electron chi connectivity index (χ0n) is 40.6. The second-order valence-electron chi connectivity index (χ2n) is 18.3. The van der Waals surface area contributed by atoms with Crippen LogP contribution in [0, 0.1) is 18.7 Å². The Hall–Kier alpha value is -8.63. The fourth-order valence-corrected chi connectivity index (χ4v) is 9.53. The summed E-state index contributed by atoms with van der Waals surface area (Å²) in [6.07, 6.45) is -1.25. The smallest absolute Gasteiger partial charge is 0.493 e. The van der Waals surface area contributed by atoms with Gasteiger partial charge in [0.2, 0.25) is 34.9 Å². The molecule has 9 rings (SSSR count). The summed E-state index contributed by atoms with van der Waals surface area (Å²) in [6.45, 7) is 2.83. The summed E-state index contributed by atoms with van der Waals surface area (Å²) in [5.41, 5.74) is 1.21. The van der Waals surface area contributed by atoms with Gasteiger partial charge in [-0.3, -0.25) is 38.9 Å². The number of methoxy groups -OCH3 is 1. The van der Waals surface area contributed by atoms with E-state index in [1.165, 1.54) is 55.1 Å². The number of halogens is 4. The lowest BCUT2D eigenvalue weighted by Crippen LogP contribution is -2.52. The van der Waals surface area contributed by atoms with Crippen molar-refractivity contribution < 1.29 is 65.3 Å². The van der Waals surface area contributed by atoms with E-state index in [1.807, 2.05) is 0 Å². The van der Waals surface area contributed by atoms with Crippen molar-refractivity contribution in [3.63, 3.8) is 0 Å². The number of alkyl halides is 3. The molecule has 75 heavy (non-hydrogen) atoms. The van der Waals surface area contributed by atoms with Crippen LogP contribution in [-0.2, 0) is 32.8 Å². The molecule has 2 aromatic heterocycles. The molecule has 0 bridgehead atoms. The molecule has 0 aliphatic carbocycles. The number of likely N-dealkylation sites (tertiary alicyclic amines) is 1. The quantitative estimate of drug-likeness (QED) is 0.0532. The van der Waals surface area contributed by atoms with E-state index in [-0.39, 0.29) is 114 Å². The number of amides is 6. The van der Waals surface area contributed by atoms with E-state index in [9.17, 15) is 46.7 Å². The standard InChI is InChI=1S/C52H48F4N8O11/c1-27-46(47(68)35-22-32(75-52(54,55)56)8-10-38(35)62(27)2)49(70)60-31-7-12-40(36(53)21-31)74-50-34-23-41(72-3)42(24-37(34)57-26-58-50)73-18-4-5-45(67)63-16-14-28(15-17-63)19-44(66)59-30-6-9-33-29(20-30)25-64(51(33)71)39-11-13-43(65)61-48(39)69/h6-10,12,20-24,26,28,39H,4-5,11,13-19,25H2,1-3H3,(H,59,66)(H,60,70)(H,61,65,69). The van der Waals surface area contributed by atoms with Crippen molar-refractivity contribution in [2.24, 2.45) is 13.0 Å². The summed E-state index contributed by atoms with van der Waals surface area (Å²) < 4.78 is 77.2. The summed E-state index contributed by atoms with van der Waals surface area (Å²) in [5, 5.41) is 7.81. The van der Waals surface area contributed by atoms with Gasteiger partial charge in [-0.2, -0.15) is 0 Å². The van der Waals surface area contributed by atoms with Gasteiger partial charge in [0.25, 0.3) is 11.8 Å². The van der Waals surface area contributed by atoms with E-state index in [2.05, 4.69) is 30.7 Å². The zero-order valence-corrected chi connectivity index (χ0v) is 40.6. The minimum absolute atomic E-state index is 0.0425. The van der Waals surface area contributed by atoms with Gasteiger partial charge in [-0.15, -0.1) is 13.2 Å². The van der Waals surface area contributed by atoms with Crippen LogP contribution in [0.2, 0.25) is 0 Å². The number of pyridine rings is 1. The van der Waals surface area contributed by atoms with Gasteiger partial charge < -0.3 is 43.9 Å². The van der Waals surface area contributed by atoms with Crippen molar-refractivity contribution in [2.75, 3.05) is 37.4 Å². The maximum atomic E-state index is 15.6. The molecule has 1 unspecified atom stereocenters. The van der Waals surface area contributed by atoms with Gasteiger partial charge in [-0.05, 0) is 98.7 Å². The molecule has 0 radical (unpaired) electrons. The molecule has 0 saturated carbocycles. The molecular formula is C52H48F4N8O11. The Labute approximate surface area is 424 Å². The third-order valence-corrected chi connectivity index (χ3v) is 13.4. The third-order valence-electron chi connectivity index (χ3n) is 13.4. The maximum absolute atomic E-state index is 15.6. The van der Waals surface area contributed by atoms with E-state index < -0.39 is 41.2 Å². The van der Waals surface area contributed by atoms with E-state index in [0.717, 1.165) is 18.2 Å². The number of benzene rings is 4. The van der Waals surface area contributed by atoms with Crippen molar-refractivity contribution in [1.29, 1.82) is 0 Å². The molecule has 3 aliphatic heterocycles. The molecule has 3 aliphatic rings. The summed E-state index contributed by atoms with van der Waals surface area (Å²) in [5.74, 6) is -3.53. The Morgan fingerprint density at radius 2 is 1.63 bits per heavy atom. The molecule has 19 nitrogen and oxygen atoms in total. The Balaban J connectivity index is 0.745. The lowest BCUT2D eigenvalue weighted by molar-refractivity contribution is -0.274. The zero-order chi connectivity index (χ0) is 53.3. The topological polar surface area (TPSA) is 230 Å². The highest BCUT2D eigenvalue weighted by molar-refractivity contribution is 6.07. The van der Waals surface area contributed by atoms with E-state index >= 15 is 4.39 Å². The average Bonchev–Trinajstić information content (AvgIpc) is 3.69. The number of aryl methyl sites for hydroxylation is 1. The predicted molar refractivity (Wildman–Crippen MR) is 261 cm³/mol. The number of carbonyl (C=O) groups excluding carboxylic acids is 6. The highest BCUT2D eigenvalue weighted by Gasteiger charge is 2.39. The number of ether oxygens (including phenoxy) is 4. The van der Waals surface area contributed by atoms with E-state index in [1.54, 1.807) is 35.2 Å². The van der Waals surface area contributed by atoms with Crippen molar-refractivity contribution in [3.05, 3.63) is 111 Å². The van der Waals surface area contributed by atoms with Crippen LogP contribution in [0.1, 0.15) is 76.9 Å². The summed E-state index contributed by atoms with van der Waals surface area (Å²) >= 11 is 0. The molecule has 6 aromatic rings. The number of fused-ring (bicyclic) bond motifs is 3. The molecule has 4 aromatic carbocycles. The number of nitrogens with one attached hydrogen (secondary N) is 3. The summed E-state index contributed by atoms with van der Waals surface area (Å²) in [7, 11) is 2.96. The van der Waals surface area contributed by atoms with Crippen LogP contribution in [0.25, 0.3) is 21.8 Å². The Morgan fingerprint density at radius 3 is 2.36 bits per heavy atom. The van der Waals surface area contributed by atoms with Crippen LogP contribution in [0.3, 0.4) is 0 Å². The van der Waals surface area contributed by atoms with Crippen molar-refractivity contribution in [3.8, 4) is 28.9 Å². The van der Waals surface area contributed by atoms with Gasteiger partial charge in [0.05, 0.1) is 35.5 Å². The monoisotopic (exact) mass is 1040 g/mol. The van der Waals surface area contributed by atoms with Crippen molar-refractivity contribution in [2.45, 2.75) is 70.8 Å². The van der Waals surface area contributed by atoms with Crippen molar-refractivity contribution in [1.82, 2.24) is 29.7 Å². The van der Waals surface area contributed by atoms with Crippen LogP contribution in [-0.4, -0.2) is 99.0 Å². The fraction of sp³-hybridized carbons (Fsp3) is 0.327. The summed E-state index contributed by atoms with van der Waals surface area (Å²) in [4.78, 5) is 102. The molecule has 23 heteroatoms. The largest absolute Gasteiger partial charge is 0.573 e. The first kappa shape index (κ1) is 51.3. The highest BCUT2D eigenvalue weighted by atomic mass is 19.4. The summed E-state index contributed by atoms with van der Waals surface area (Å²) in [6, 6.07) is 14.2. The molecule has 3 N–H and O–H groups in total. The number of aromatic nitrogens is 3. The first-order valence-corrected chi connectivity index (χ1v) is 23.8. The first-order valence-electron chi connectivity index (χ1n) is 23.8.